The van der Waals surface area contributed by atoms with E-state index in [2.05, 4.69) is 0 Å². The first kappa shape index (κ1) is 22.7. The van der Waals surface area contributed by atoms with Crippen LogP contribution in [0.5, 0.6) is 17.2 Å². The third-order valence-electron chi connectivity index (χ3n) is 4.48. The number of fused-ring (bicyclic) bond motifs is 1. The van der Waals surface area contributed by atoms with Gasteiger partial charge in [0.2, 0.25) is 10.0 Å². The molecule has 0 saturated heterocycles. The number of benzene rings is 3. The summed E-state index contributed by atoms with van der Waals surface area (Å²) in [6, 6.07) is 13.7. The van der Waals surface area contributed by atoms with Gasteiger partial charge in [-0.3, -0.25) is 0 Å². The Balaban J connectivity index is 1.82. The summed E-state index contributed by atoms with van der Waals surface area (Å²) >= 11 is 14.2. The molecule has 1 aromatic heterocycles. The highest BCUT2D eigenvalue weighted by molar-refractivity contribution is 7.92. The van der Waals surface area contributed by atoms with Crippen molar-refractivity contribution in [2.24, 2.45) is 0 Å². The molecule has 0 spiro atoms. The molecule has 0 aliphatic carbocycles. The number of methoxy groups -OCH3 is 1. The first-order valence-corrected chi connectivity index (χ1v) is 12.6. The minimum absolute atomic E-state index is 0.165. The average molecular weight is 512 g/mol. The summed E-state index contributed by atoms with van der Waals surface area (Å²) in [4.78, 5) is 0. The second kappa shape index (κ2) is 8.78. The molecule has 4 rings (SSSR count). The lowest BCUT2D eigenvalue weighted by molar-refractivity contribution is 0.404. The maximum atomic E-state index is 13.8. The van der Waals surface area contributed by atoms with Crippen molar-refractivity contribution in [2.45, 2.75) is 0 Å². The smallest absolute Gasteiger partial charge is 0.236 e. The van der Waals surface area contributed by atoms with Crippen molar-refractivity contribution in [3.63, 3.8) is 0 Å². The number of sulfonamides is 1. The molecule has 0 aliphatic rings. The fraction of sp³-hybridized carbons (Fsp3) is 0.0909. The fourth-order valence-electron chi connectivity index (χ4n) is 3.21. The number of ether oxygens (including phenoxy) is 2. The van der Waals surface area contributed by atoms with E-state index in [4.69, 9.17) is 32.7 Å². The van der Waals surface area contributed by atoms with E-state index in [1.807, 2.05) is 11.4 Å². The van der Waals surface area contributed by atoms with E-state index in [0.717, 1.165) is 20.6 Å². The highest BCUT2D eigenvalue weighted by Crippen LogP contribution is 2.41. The van der Waals surface area contributed by atoms with E-state index < -0.39 is 15.8 Å². The lowest BCUT2D eigenvalue weighted by Gasteiger charge is -2.24. The second-order valence-electron chi connectivity index (χ2n) is 6.86. The average Bonchev–Trinajstić information content (AvgIpc) is 3.13. The van der Waals surface area contributed by atoms with E-state index >= 15 is 0 Å². The van der Waals surface area contributed by atoms with Crippen molar-refractivity contribution in [3.05, 3.63) is 75.8 Å². The Hall–Kier alpha value is -2.52. The Labute approximate surface area is 198 Å². The van der Waals surface area contributed by atoms with Gasteiger partial charge in [-0.1, -0.05) is 23.2 Å². The highest BCUT2D eigenvalue weighted by atomic mass is 35.5. The molecule has 0 atom stereocenters. The van der Waals surface area contributed by atoms with E-state index in [1.54, 1.807) is 12.1 Å². The van der Waals surface area contributed by atoms with Gasteiger partial charge in [0.25, 0.3) is 0 Å². The molecule has 0 saturated carbocycles. The van der Waals surface area contributed by atoms with Gasteiger partial charge in [0, 0.05) is 34.0 Å². The number of anilines is 2. The molecule has 0 radical (unpaired) electrons. The Morgan fingerprint density at radius 1 is 0.969 bits per heavy atom. The molecule has 3 aromatic carbocycles. The standard InChI is InChI=1S/C22H16Cl2FNO4S2/c1-29-17-8-15(25)9-19(11-17)30-18-7-14(23)6-16(10-18)26(32(2,27)28)21-5-13-3-4-31-22(13)12-20(21)24/h3-12H,1-2H3. The zero-order valence-electron chi connectivity index (χ0n) is 16.8. The van der Waals surface area contributed by atoms with Gasteiger partial charge in [-0.05, 0) is 41.1 Å². The summed E-state index contributed by atoms with van der Waals surface area (Å²) in [5.74, 6) is 0.103. The number of halogens is 3. The van der Waals surface area contributed by atoms with Crippen LogP contribution >= 0.6 is 34.5 Å². The number of thiophene rings is 1. The molecule has 0 unspecified atom stereocenters. The second-order valence-corrected chi connectivity index (χ2v) is 10.5. The summed E-state index contributed by atoms with van der Waals surface area (Å²) in [7, 11) is -2.40. The Kier molecular flexibility index (Phi) is 6.22. The summed E-state index contributed by atoms with van der Waals surface area (Å²) in [5.41, 5.74) is 0.496. The lowest BCUT2D eigenvalue weighted by Crippen LogP contribution is -2.25. The molecule has 0 amide bonds. The van der Waals surface area contributed by atoms with E-state index in [0.29, 0.717) is 0 Å². The van der Waals surface area contributed by atoms with Gasteiger partial charge >= 0.3 is 0 Å². The Morgan fingerprint density at radius 2 is 1.69 bits per heavy atom. The molecule has 0 bridgehead atoms. The molecular weight excluding hydrogens is 496 g/mol. The molecule has 32 heavy (non-hydrogen) atoms. The predicted molar refractivity (Wildman–Crippen MR) is 128 cm³/mol. The summed E-state index contributed by atoms with van der Waals surface area (Å²) in [6.45, 7) is 0. The minimum Gasteiger partial charge on any atom is -0.497 e. The third kappa shape index (κ3) is 4.78. The zero-order valence-corrected chi connectivity index (χ0v) is 19.9. The van der Waals surface area contributed by atoms with Crippen LogP contribution in [0.1, 0.15) is 0 Å². The molecule has 5 nitrogen and oxygen atoms in total. The van der Waals surface area contributed by atoms with Crippen LogP contribution in [0.4, 0.5) is 15.8 Å². The van der Waals surface area contributed by atoms with Crippen molar-refractivity contribution in [2.75, 3.05) is 17.7 Å². The molecule has 0 fully saturated rings. The third-order valence-corrected chi connectivity index (χ3v) is 6.95. The molecule has 1 heterocycles. The van der Waals surface area contributed by atoms with E-state index in [1.165, 1.54) is 54.8 Å². The van der Waals surface area contributed by atoms with Crippen LogP contribution in [0.25, 0.3) is 10.1 Å². The summed E-state index contributed by atoms with van der Waals surface area (Å²) in [5, 5.41) is 3.24. The van der Waals surface area contributed by atoms with Crippen LogP contribution in [0.15, 0.2) is 60.0 Å². The lowest BCUT2D eigenvalue weighted by atomic mass is 10.2. The molecule has 166 valence electrons. The van der Waals surface area contributed by atoms with Crippen molar-refractivity contribution < 1.29 is 22.3 Å². The van der Waals surface area contributed by atoms with Crippen molar-refractivity contribution in [3.8, 4) is 17.2 Å². The predicted octanol–water partition coefficient (Wildman–Crippen LogP) is 7.25. The van der Waals surface area contributed by atoms with Crippen LogP contribution in [-0.4, -0.2) is 21.8 Å². The first-order valence-electron chi connectivity index (χ1n) is 9.14. The number of hydrogen-bond acceptors (Lipinski definition) is 5. The SMILES string of the molecule is COc1cc(F)cc(Oc2cc(Cl)cc(N(c3cc4ccsc4cc3Cl)S(C)(=O)=O)c2)c1. The van der Waals surface area contributed by atoms with Gasteiger partial charge in [-0.2, -0.15) is 0 Å². The Morgan fingerprint density at radius 3 is 2.41 bits per heavy atom. The van der Waals surface area contributed by atoms with Gasteiger partial charge in [0.15, 0.2) is 0 Å². The summed E-state index contributed by atoms with van der Waals surface area (Å²) in [6.07, 6.45) is 1.07. The van der Waals surface area contributed by atoms with Gasteiger partial charge in [0.1, 0.15) is 23.1 Å². The minimum atomic E-state index is -3.81. The van der Waals surface area contributed by atoms with Gasteiger partial charge < -0.3 is 9.47 Å². The fourth-order valence-corrected chi connectivity index (χ4v) is 5.60. The largest absolute Gasteiger partial charge is 0.497 e. The quantitative estimate of drug-likeness (QED) is 0.273. The van der Waals surface area contributed by atoms with E-state index in [9.17, 15) is 12.8 Å². The Bertz CT molecular complexity index is 1420. The first-order chi connectivity index (χ1) is 15.1. The van der Waals surface area contributed by atoms with Crippen molar-refractivity contribution in [1.29, 1.82) is 0 Å². The monoisotopic (exact) mass is 511 g/mol. The summed E-state index contributed by atoms with van der Waals surface area (Å²) < 4.78 is 52.3. The number of rotatable bonds is 6. The molecular formula is C22H16Cl2FNO4S2. The zero-order chi connectivity index (χ0) is 23.0. The normalized spacial score (nSPS) is 11.5. The highest BCUT2D eigenvalue weighted by Gasteiger charge is 2.24. The van der Waals surface area contributed by atoms with Gasteiger partial charge in [-0.15, -0.1) is 11.3 Å². The maximum Gasteiger partial charge on any atom is 0.236 e. The van der Waals surface area contributed by atoms with Crippen molar-refractivity contribution in [1.82, 2.24) is 0 Å². The maximum absolute atomic E-state index is 13.8. The van der Waals surface area contributed by atoms with E-state index in [-0.39, 0.29) is 38.7 Å². The number of hydrogen-bond donors (Lipinski definition) is 0. The number of nitrogens with zero attached hydrogens (tertiary/aromatic N) is 1. The van der Waals surface area contributed by atoms with Crippen LogP contribution < -0.4 is 13.8 Å². The molecule has 4 aromatic rings. The van der Waals surface area contributed by atoms with Gasteiger partial charge in [-0.25, -0.2) is 17.1 Å². The van der Waals surface area contributed by atoms with Crippen LogP contribution in [0.3, 0.4) is 0 Å². The molecule has 10 heteroatoms. The topological polar surface area (TPSA) is 55.8 Å². The van der Waals surface area contributed by atoms with Crippen molar-refractivity contribution >= 4 is 66.0 Å². The molecule has 0 N–H and O–H groups in total. The van der Waals surface area contributed by atoms with Gasteiger partial charge in [0.05, 0.1) is 29.8 Å². The van der Waals surface area contributed by atoms with Crippen LogP contribution in [-0.2, 0) is 10.0 Å². The molecule has 0 aliphatic heterocycles. The van der Waals surface area contributed by atoms with Crippen LogP contribution in [0, 0.1) is 5.82 Å². The van der Waals surface area contributed by atoms with Crippen LogP contribution in [0.2, 0.25) is 10.0 Å².